The van der Waals surface area contributed by atoms with Gasteiger partial charge in [0.2, 0.25) is 11.8 Å². The average molecular weight is 351 g/mol. The maximum Gasteiger partial charge on any atom is 0.225 e. The molecule has 0 radical (unpaired) electrons. The van der Waals surface area contributed by atoms with Crippen LogP contribution in [0.4, 0.5) is 0 Å². The summed E-state index contributed by atoms with van der Waals surface area (Å²) in [6, 6.07) is 7.62. The molecule has 0 bridgehead atoms. The highest BCUT2D eigenvalue weighted by atomic mass is 35.5. The van der Waals surface area contributed by atoms with Crippen LogP contribution in [0, 0.1) is 5.92 Å². The molecule has 24 heavy (non-hydrogen) atoms. The van der Waals surface area contributed by atoms with Crippen LogP contribution in [0.25, 0.3) is 0 Å². The Morgan fingerprint density at radius 3 is 2.08 bits per heavy atom. The molecule has 1 saturated heterocycles. The third-order valence-electron chi connectivity index (χ3n) is 4.82. The number of rotatable bonds is 6. The van der Waals surface area contributed by atoms with Gasteiger partial charge >= 0.3 is 0 Å². The molecule has 1 aromatic carbocycles. The molecule has 0 aromatic heterocycles. The average Bonchev–Trinajstić information content (AvgIpc) is 2.62. The summed E-state index contributed by atoms with van der Waals surface area (Å²) in [5, 5.41) is 0.711. The highest BCUT2D eigenvalue weighted by Crippen LogP contribution is 2.15. The monoisotopic (exact) mass is 350 g/mol. The second-order valence-corrected chi connectivity index (χ2v) is 6.78. The van der Waals surface area contributed by atoms with Crippen molar-refractivity contribution in [3.8, 4) is 0 Å². The van der Waals surface area contributed by atoms with Crippen molar-refractivity contribution in [1.82, 2.24) is 9.80 Å². The molecule has 2 rings (SSSR count). The van der Waals surface area contributed by atoms with E-state index in [2.05, 4.69) is 13.8 Å². The van der Waals surface area contributed by atoms with Crippen LogP contribution in [-0.2, 0) is 16.0 Å². The van der Waals surface area contributed by atoms with E-state index in [1.165, 1.54) is 0 Å². The Balaban J connectivity index is 1.78. The Morgan fingerprint density at radius 2 is 1.54 bits per heavy atom. The molecule has 0 atom stereocenters. The molecule has 0 aliphatic carbocycles. The van der Waals surface area contributed by atoms with E-state index in [0.717, 1.165) is 24.8 Å². The summed E-state index contributed by atoms with van der Waals surface area (Å²) in [4.78, 5) is 28.5. The maximum atomic E-state index is 12.4. The fourth-order valence-corrected chi connectivity index (χ4v) is 3.26. The van der Waals surface area contributed by atoms with E-state index in [1.54, 1.807) is 0 Å². The molecule has 1 aliphatic rings. The summed E-state index contributed by atoms with van der Waals surface area (Å²) < 4.78 is 0. The van der Waals surface area contributed by atoms with Gasteiger partial charge in [0.05, 0.1) is 0 Å². The van der Waals surface area contributed by atoms with Gasteiger partial charge in [0.25, 0.3) is 0 Å². The third-order valence-corrected chi connectivity index (χ3v) is 5.07. The van der Waals surface area contributed by atoms with Crippen molar-refractivity contribution in [2.24, 2.45) is 5.92 Å². The Morgan fingerprint density at radius 1 is 1.00 bits per heavy atom. The number of piperazine rings is 1. The SMILES string of the molecule is CCC(CC)C(=O)N1CCN(C(=O)CCc2ccc(Cl)cc2)CC1. The van der Waals surface area contributed by atoms with Crippen LogP contribution >= 0.6 is 11.6 Å². The number of carbonyl (C=O) groups is 2. The van der Waals surface area contributed by atoms with Crippen LogP contribution in [-0.4, -0.2) is 47.8 Å². The minimum absolute atomic E-state index is 0.122. The summed E-state index contributed by atoms with van der Waals surface area (Å²) in [6.07, 6.45) is 3.00. The van der Waals surface area contributed by atoms with Crippen LogP contribution in [0.5, 0.6) is 0 Å². The van der Waals surface area contributed by atoms with Crippen LogP contribution in [0.15, 0.2) is 24.3 Å². The van der Waals surface area contributed by atoms with Crippen LogP contribution < -0.4 is 0 Å². The molecular formula is C19H27ClN2O2. The number of hydrogen-bond acceptors (Lipinski definition) is 2. The lowest BCUT2D eigenvalue weighted by molar-refractivity contribution is -0.142. The van der Waals surface area contributed by atoms with Crippen molar-refractivity contribution in [3.63, 3.8) is 0 Å². The van der Waals surface area contributed by atoms with E-state index in [9.17, 15) is 9.59 Å². The first-order valence-electron chi connectivity index (χ1n) is 8.86. The molecule has 1 aromatic rings. The van der Waals surface area contributed by atoms with Crippen molar-refractivity contribution >= 4 is 23.4 Å². The van der Waals surface area contributed by atoms with Crippen molar-refractivity contribution in [1.29, 1.82) is 0 Å². The number of halogens is 1. The minimum Gasteiger partial charge on any atom is -0.339 e. The molecule has 4 nitrogen and oxygen atoms in total. The number of nitrogens with zero attached hydrogens (tertiary/aromatic N) is 2. The number of carbonyl (C=O) groups excluding carboxylic acids is 2. The Hall–Kier alpha value is -1.55. The van der Waals surface area contributed by atoms with Gasteiger partial charge in [-0.25, -0.2) is 0 Å². The number of amides is 2. The Bertz CT molecular complexity index is 547. The molecule has 1 heterocycles. The van der Waals surface area contributed by atoms with Gasteiger partial charge in [-0.15, -0.1) is 0 Å². The van der Waals surface area contributed by atoms with E-state index >= 15 is 0 Å². The van der Waals surface area contributed by atoms with Gasteiger partial charge in [0.1, 0.15) is 0 Å². The van der Waals surface area contributed by atoms with E-state index in [1.807, 2.05) is 34.1 Å². The standard InChI is InChI=1S/C19H27ClN2O2/c1-3-16(4-2)19(24)22-13-11-21(12-14-22)18(23)10-7-15-5-8-17(20)9-6-15/h5-6,8-9,16H,3-4,7,10-14H2,1-2H3. The molecule has 132 valence electrons. The lowest BCUT2D eigenvalue weighted by atomic mass is 10.0. The van der Waals surface area contributed by atoms with Gasteiger partial charge in [-0.2, -0.15) is 0 Å². The molecule has 0 spiro atoms. The summed E-state index contributed by atoms with van der Waals surface area (Å²) in [5.74, 6) is 0.532. The predicted molar refractivity (Wildman–Crippen MR) is 97.0 cm³/mol. The largest absolute Gasteiger partial charge is 0.339 e. The molecule has 0 saturated carbocycles. The highest BCUT2D eigenvalue weighted by molar-refractivity contribution is 6.30. The summed E-state index contributed by atoms with van der Waals surface area (Å²) in [5.41, 5.74) is 1.12. The fraction of sp³-hybridized carbons (Fsp3) is 0.579. The second kappa shape index (κ2) is 9.07. The zero-order valence-corrected chi connectivity index (χ0v) is 15.4. The number of hydrogen-bond donors (Lipinski definition) is 0. The van der Waals surface area contributed by atoms with E-state index in [-0.39, 0.29) is 17.7 Å². The van der Waals surface area contributed by atoms with Gasteiger partial charge in [-0.3, -0.25) is 9.59 Å². The molecule has 1 aliphatic heterocycles. The van der Waals surface area contributed by atoms with Crippen molar-refractivity contribution in [2.45, 2.75) is 39.5 Å². The van der Waals surface area contributed by atoms with Crippen molar-refractivity contribution in [2.75, 3.05) is 26.2 Å². The van der Waals surface area contributed by atoms with Crippen molar-refractivity contribution in [3.05, 3.63) is 34.9 Å². The first-order valence-corrected chi connectivity index (χ1v) is 9.24. The van der Waals surface area contributed by atoms with Gasteiger partial charge in [-0.1, -0.05) is 37.6 Å². The van der Waals surface area contributed by atoms with Crippen LogP contribution in [0.2, 0.25) is 5.02 Å². The lowest BCUT2D eigenvalue weighted by Gasteiger charge is -2.36. The molecule has 0 N–H and O–H groups in total. The van der Waals surface area contributed by atoms with Crippen LogP contribution in [0.1, 0.15) is 38.7 Å². The molecule has 1 fully saturated rings. The second-order valence-electron chi connectivity index (χ2n) is 6.35. The molecule has 0 unspecified atom stereocenters. The summed E-state index contributed by atoms with van der Waals surface area (Å²) in [6.45, 7) is 6.71. The number of benzene rings is 1. The first kappa shape index (κ1) is 18.8. The minimum atomic E-state index is 0.122. The van der Waals surface area contributed by atoms with Crippen molar-refractivity contribution < 1.29 is 9.59 Å². The molecular weight excluding hydrogens is 324 g/mol. The fourth-order valence-electron chi connectivity index (χ4n) is 3.13. The van der Waals surface area contributed by atoms with Crippen LogP contribution in [0.3, 0.4) is 0 Å². The smallest absolute Gasteiger partial charge is 0.225 e. The highest BCUT2D eigenvalue weighted by Gasteiger charge is 2.27. The Kier molecular flexibility index (Phi) is 7.10. The Labute approximate surface area is 149 Å². The van der Waals surface area contributed by atoms with E-state index in [4.69, 9.17) is 11.6 Å². The number of aryl methyl sites for hydroxylation is 1. The van der Waals surface area contributed by atoms with E-state index < -0.39 is 0 Å². The molecule has 2 amide bonds. The van der Waals surface area contributed by atoms with Gasteiger partial charge in [0.15, 0.2) is 0 Å². The zero-order valence-electron chi connectivity index (χ0n) is 14.6. The maximum absolute atomic E-state index is 12.4. The van der Waals surface area contributed by atoms with Gasteiger partial charge < -0.3 is 9.80 Å². The summed E-state index contributed by atoms with van der Waals surface area (Å²) in [7, 11) is 0. The predicted octanol–water partition coefficient (Wildman–Crippen LogP) is 3.38. The quantitative estimate of drug-likeness (QED) is 0.789. The topological polar surface area (TPSA) is 40.6 Å². The van der Waals surface area contributed by atoms with Gasteiger partial charge in [0, 0.05) is 43.5 Å². The normalized spacial score (nSPS) is 15.0. The lowest BCUT2D eigenvalue weighted by Crippen LogP contribution is -2.51. The zero-order chi connectivity index (χ0) is 17.5. The first-order chi connectivity index (χ1) is 11.5. The molecule has 5 heteroatoms. The van der Waals surface area contributed by atoms with Gasteiger partial charge in [-0.05, 0) is 37.0 Å². The third kappa shape index (κ3) is 4.97. The van der Waals surface area contributed by atoms with E-state index in [0.29, 0.717) is 37.6 Å². The summed E-state index contributed by atoms with van der Waals surface area (Å²) >= 11 is 5.87.